The Hall–Kier alpha value is -1.36. The summed E-state index contributed by atoms with van der Waals surface area (Å²) in [5.41, 5.74) is 0. The molecule has 0 aliphatic heterocycles. The van der Waals surface area contributed by atoms with E-state index in [-0.39, 0.29) is 0 Å². The molecule has 0 saturated carbocycles. The number of rotatable bonds is 6. The Morgan fingerprint density at radius 3 is 2.93 bits per heavy atom. The number of hydrogen-bond acceptors (Lipinski definition) is 5. The fourth-order valence-electron chi connectivity index (χ4n) is 1.11. The van der Waals surface area contributed by atoms with E-state index in [1.165, 1.54) is 0 Å². The second kappa shape index (κ2) is 6.19. The summed E-state index contributed by atoms with van der Waals surface area (Å²) in [6.07, 6.45) is 1.74. The molecule has 0 fully saturated rings. The van der Waals surface area contributed by atoms with E-state index in [0.717, 1.165) is 25.5 Å². The predicted molar refractivity (Wildman–Crippen MR) is 63.2 cm³/mol. The molecule has 0 atom stereocenters. The Morgan fingerprint density at radius 1 is 1.47 bits per heavy atom. The van der Waals surface area contributed by atoms with Gasteiger partial charge in [-0.15, -0.1) is 0 Å². The largest absolute Gasteiger partial charge is 0.369 e. The number of aromatic nitrogens is 2. The van der Waals surface area contributed by atoms with Crippen LogP contribution in [0.25, 0.3) is 0 Å². The van der Waals surface area contributed by atoms with Crippen molar-refractivity contribution in [2.75, 3.05) is 44.4 Å². The van der Waals surface area contributed by atoms with Gasteiger partial charge in [-0.3, -0.25) is 0 Å². The van der Waals surface area contributed by atoms with Crippen molar-refractivity contribution in [2.24, 2.45) is 0 Å². The smallest absolute Gasteiger partial charge is 0.224 e. The van der Waals surface area contributed by atoms with Crippen LogP contribution < -0.4 is 10.6 Å². The first-order valence-electron chi connectivity index (χ1n) is 5.19. The average Bonchev–Trinajstić information content (AvgIpc) is 2.29. The van der Waals surface area contributed by atoms with Crippen LogP contribution in [0.2, 0.25) is 0 Å². The highest BCUT2D eigenvalue weighted by Crippen LogP contribution is 2.03. The van der Waals surface area contributed by atoms with Crippen molar-refractivity contribution >= 4 is 11.8 Å². The molecule has 1 rings (SSSR count). The van der Waals surface area contributed by atoms with Gasteiger partial charge < -0.3 is 15.5 Å². The summed E-state index contributed by atoms with van der Waals surface area (Å²) in [5, 5.41) is 6.16. The molecule has 1 aromatic heterocycles. The minimum absolute atomic E-state index is 0.642. The highest BCUT2D eigenvalue weighted by molar-refractivity contribution is 5.38. The van der Waals surface area contributed by atoms with Crippen LogP contribution in [0.15, 0.2) is 12.3 Å². The van der Waals surface area contributed by atoms with Crippen molar-refractivity contribution in [3.63, 3.8) is 0 Å². The van der Waals surface area contributed by atoms with Crippen molar-refractivity contribution in [3.8, 4) is 0 Å². The predicted octanol–water partition coefficient (Wildman–Crippen LogP) is 0.882. The maximum Gasteiger partial charge on any atom is 0.224 e. The van der Waals surface area contributed by atoms with Crippen LogP contribution >= 0.6 is 0 Å². The Morgan fingerprint density at radius 2 is 2.27 bits per heavy atom. The van der Waals surface area contributed by atoms with E-state index in [1.54, 1.807) is 6.20 Å². The van der Waals surface area contributed by atoms with Crippen LogP contribution in [0.5, 0.6) is 0 Å². The maximum atomic E-state index is 4.26. The normalized spacial score (nSPS) is 10.4. The molecule has 5 heteroatoms. The third-order valence-corrected chi connectivity index (χ3v) is 2.22. The molecule has 0 aliphatic carbocycles. The third-order valence-electron chi connectivity index (χ3n) is 2.22. The zero-order chi connectivity index (χ0) is 11.1. The lowest BCUT2D eigenvalue weighted by Gasteiger charge is -2.14. The van der Waals surface area contributed by atoms with Gasteiger partial charge in [0.25, 0.3) is 0 Å². The number of hydrogen-bond donors (Lipinski definition) is 2. The summed E-state index contributed by atoms with van der Waals surface area (Å²) in [7, 11) is 3.91. The topological polar surface area (TPSA) is 53.1 Å². The first kappa shape index (κ1) is 11.7. The Balaban J connectivity index is 2.37. The summed E-state index contributed by atoms with van der Waals surface area (Å²) in [6.45, 7) is 5.11. The molecule has 0 bridgehead atoms. The highest BCUT2D eigenvalue weighted by atomic mass is 15.1. The summed E-state index contributed by atoms with van der Waals surface area (Å²) in [4.78, 5) is 10.5. The van der Waals surface area contributed by atoms with E-state index in [1.807, 2.05) is 13.1 Å². The molecule has 0 radical (unpaired) electrons. The molecule has 1 heterocycles. The van der Waals surface area contributed by atoms with E-state index in [0.29, 0.717) is 5.95 Å². The number of likely N-dealkylation sites (N-methyl/N-ethyl adjacent to an activating group) is 1. The maximum absolute atomic E-state index is 4.26. The van der Waals surface area contributed by atoms with Crippen molar-refractivity contribution in [2.45, 2.75) is 6.92 Å². The van der Waals surface area contributed by atoms with Gasteiger partial charge in [0.15, 0.2) is 0 Å². The molecule has 1 aromatic rings. The van der Waals surface area contributed by atoms with Crippen molar-refractivity contribution in [1.29, 1.82) is 0 Å². The molecule has 0 aliphatic rings. The van der Waals surface area contributed by atoms with Gasteiger partial charge in [-0.05, 0) is 19.7 Å². The van der Waals surface area contributed by atoms with E-state index in [4.69, 9.17) is 0 Å². The lowest BCUT2D eigenvalue weighted by Crippen LogP contribution is -2.25. The molecule has 5 nitrogen and oxygen atoms in total. The summed E-state index contributed by atoms with van der Waals surface area (Å²) >= 11 is 0. The first-order chi connectivity index (χ1) is 7.26. The fraction of sp³-hybridized carbons (Fsp3) is 0.600. The molecule has 15 heavy (non-hydrogen) atoms. The van der Waals surface area contributed by atoms with Gasteiger partial charge in [0.05, 0.1) is 0 Å². The quantitative estimate of drug-likeness (QED) is 0.728. The lowest BCUT2D eigenvalue weighted by molar-refractivity contribution is 0.367. The van der Waals surface area contributed by atoms with E-state index in [2.05, 4.69) is 39.5 Å². The van der Waals surface area contributed by atoms with E-state index < -0.39 is 0 Å². The van der Waals surface area contributed by atoms with E-state index in [9.17, 15) is 0 Å². The van der Waals surface area contributed by atoms with Gasteiger partial charge in [-0.25, -0.2) is 4.98 Å². The van der Waals surface area contributed by atoms with Crippen LogP contribution in [0.3, 0.4) is 0 Å². The van der Waals surface area contributed by atoms with Gasteiger partial charge in [-0.1, -0.05) is 6.92 Å². The Bertz CT molecular complexity index is 289. The molecule has 84 valence electrons. The Kier molecular flexibility index (Phi) is 4.83. The SMILES string of the molecule is CCN(C)CCNc1ccnc(NC)n1. The number of nitrogens with zero attached hydrogens (tertiary/aromatic N) is 3. The van der Waals surface area contributed by atoms with Crippen LogP contribution in [-0.4, -0.2) is 48.6 Å². The van der Waals surface area contributed by atoms with Gasteiger partial charge >= 0.3 is 0 Å². The van der Waals surface area contributed by atoms with Crippen LogP contribution in [0, 0.1) is 0 Å². The monoisotopic (exact) mass is 209 g/mol. The molecular formula is C10H19N5. The zero-order valence-corrected chi connectivity index (χ0v) is 9.62. The first-order valence-corrected chi connectivity index (χ1v) is 5.19. The highest BCUT2D eigenvalue weighted by Gasteiger charge is 1.97. The number of nitrogens with one attached hydrogen (secondary N) is 2. The number of anilines is 2. The minimum Gasteiger partial charge on any atom is -0.369 e. The van der Waals surface area contributed by atoms with Crippen LogP contribution in [0.4, 0.5) is 11.8 Å². The van der Waals surface area contributed by atoms with Crippen molar-refractivity contribution in [1.82, 2.24) is 14.9 Å². The van der Waals surface area contributed by atoms with Gasteiger partial charge in [-0.2, -0.15) is 4.98 Å². The van der Waals surface area contributed by atoms with E-state index >= 15 is 0 Å². The molecular weight excluding hydrogens is 190 g/mol. The van der Waals surface area contributed by atoms with Crippen molar-refractivity contribution in [3.05, 3.63) is 12.3 Å². The van der Waals surface area contributed by atoms with Crippen LogP contribution in [0.1, 0.15) is 6.92 Å². The summed E-state index contributed by atoms with van der Waals surface area (Å²) in [6, 6.07) is 1.87. The zero-order valence-electron chi connectivity index (χ0n) is 9.62. The van der Waals surface area contributed by atoms with Gasteiger partial charge in [0.1, 0.15) is 5.82 Å². The average molecular weight is 209 g/mol. The second-order valence-electron chi connectivity index (χ2n) is 3.34. The van der Waals surface area contributed by atoms with Crippen LogP contribution in [-0.2, 0) is 0 Å². The molecule has 0 saturated heterocycles. The standard InChI is InChI=1S/C10H19N5/c1-4-15(3)8-7-12-9-5-6-13-10(11-2)14-9/h5-6H,4,7-8H2,1-3H3,(H2,11,12,13,14). The molecule has 2 N–H and O–H groups in total. The lowest BCUT2D eigenvalue weighted by atomic mass is 10.5. The summed E-state index contributed by atoms with van der Waals surface area (Å²) < 4.78 is 0. The molecule has 0 aromatic carbocycles. The third kappa shape index (κ3) is 4.12. The minimum atomic E-state index is 0.642. The molecule has 0 unspecified atom stereocenters. The van der Waals surface area contributed by atoms with Crippen molar-refractivity contribution < 1.29 is 0 Å². The fourth-order valence-corrected chi connectivity index (χ4v) is 1.11. The molecule has 0 amide bonds. The molecule has 0 spiro atoms. The van der Waals surface area contributed by atoms with Gasteiger partial charge in [0.2, 0.25) is 5.95 Å². The summed E-state index contributed by atoms with van der Waals surface area (Å²) in [5.74, 6) is 1.50. The van der Waals surface area contributed by atoms with Gasteiger partial charge in [0, 0.05) is 26.3 Å². The Labute approximate surface area is 90.9 Å². The second-order valence-corrected chi connectivity index (χ2v) is 3.34.